The van der Waals surface area contributed by atoms with E-state index in [2.05, 4.69) is 0 Å². The van der Waals surface area contributed by atoms with Crippen LogP contribution in [0.25, 0.3) is 5.76 Å². The van der Waals surface area contributed by atoms with Gasteiger partial charge in [0.2, 0.25) is 0 Å². The minimum atomic E-state index is -1.00. The van der Waals surface area contributed by atoms with Crippen LogP contribution in [-0.4, -0.2) is 23.9 Å². The SMILES string of the molecule is COc1ccc(/C(O)=C2\C(=O)C(=O)N(c3ccc(Cl)c(Cl)c3)C2c2ccc(F)cc2)cc1. The Balaban J connectivity index is 1.92. The Morgan fingerprint density at radius 2 is 1.62 bits per heavy atom. The molecule has 5 nitrogen and oxygen atoms in total. The molecule has 0 spiro atoms. The van der Waals surface area contributed by atoms with Gasteiger partial charge in [-0.3, -0.25) is 14.5 Å². The monoisotopic (exact) mass is 471 g/mol. The van der Waals surface area contributed by atoms with Gasteiger partial charge in [-0.05, 0) is 60.2 Å². The molecule has 3 aromatic rings. The zero-order valence-corrected chi connectivity index (χ0v) is 18.2. The van der Waals surface area contributed by atoms with Gasteiger partial charge in [-0.25, -0.2) is 4.39 Å². The number of carbonyl (C=O) groups is 2. The van der Waals surface area contributed by atoms with Crippen LogP contribution in [-0.2, 0) is 9.59 Å². The van der Waals surface area contributed by atoms with Crippen LogP contribution in [0.5, 0.6) is 5.75 Å². The third kappa shape index (κ3) is 3.83. The Morgan fingerprint density at radius 1 is 0.969 bits per heavy atom. The van der Waals surface area contributed by atoms with Crippen LogP contribution in [0.4, 0.5) is 10.1 Å². The molecule has 1 fully saturated rings. The van der Waals surface area contributed by atoms with Crippen LogP contribution in [0, 0.1) is 5.82 Å². The highest BCUT2D eigenvalue weighted by Gasteiger charge is 2.47. The van der Waals surface area contributed by atoms with Crippen molar-refractivity contribution < 1.29 is 23.8 Å². The van der Waals surface area contributed by atoms with Crippen LogP contribution < -0.4 is 9.64 Å². The standard InChI is InChI=1S/C24H16Cl2FNO4/c1-32-17-9-4-14(5-10-17)22(29)20-21(13-2-6-15(27)7-3-13)28(24(31)23(20)30)16-8-11-18(25)19(26)12-16/h2-12,21,29H,1H3/b22-20+. The van der Waals surface area contributed by atoms with Crippen molar-refractivity contribution in [3.8, 4) is 5.75 Å². The van der Waals surface area contributed by atoms with Crippen LogP contribution in [0.15, 0.2) is 72.3 Å². The number of halogens is 3. The third-order valence-corrected chi connectivity index (χ3v) is 5.91. The number of ether oxygens (including phenoxy) is 1. The van der Waals surface area contributed by atoms with E-state index in [1.807, 2.05) is 0 Å². The van der Waals surface area contributed by atoms with E-state index >= 15 is 0 Å². The summed E-state index contributed by atoms with van der Waals surface area (Å²) in [4.78, 5) is 27.3. The molecule has 0 radical (unpaired) electrons. The van der Waals surface area contributed by atoms with Crippen molar-refractivity contribution in [1.29, 1.82) is 0 Å². The summed E-state index contributed by atoms with van der Waals surface area (Å²) in [6.07, 6.45) is 0. The molecule has 0 bridgehead atoms. The highest BCUT2D eigenvalue weighted by molar-refractivity contribution is 6.52. The second-order valence-corrected chi connectivity index (χ2v) is 7.86. The van der Waals surface area contributed by atoms with Gasteiger partial charge in [0.05, 0.1) is 28.8 Å². The number of carbonyl (C=O) groups excluding carboxylic acids is 2. The van der Waals surface area contributed by atoms with Gasteiger partial charge in [0.1, 0.15) is 17.3 Å². The van der Waals surface area contributed by atoms with E-state index in [-0.39, 0.29) is 21.4 Å². The first-order chi connectivity index (χ1) is 15.3. The van der Waals surface area contributed by atoms with Crippen molar-refractivity contribution in [3.63, 3.8) is 0 Å². The van der Waals surface area contributed by atoms with E-state index in [4.69, 9.17) is 27.9 Å². The number of anilines is 1. The molecule has 1 heterocycles. The summed E-state index contributed by atoms with van der Waals surface area (Å²) < 4.78 is 18.7. The largest absolute Gasteiger partial charge is 0.507 e. The molecule has 8 heteroatoms. The van der Waals surface area contributed by atoms with E-state index < -0.39 is 23.5 Å². The van der Waals surface area contributed by atoms with Crippen LogP contribution in [0.1, 0.15) is 17.2 Å². The fourth-order valence-corrected chi connectivity index (χ4v) is 3.89. The van der Waals surface area contributed by atoms with Crippen LogP contribution in [0.3, 0.4) is 0 Å². The van der Waals surface area contributed by atoms with Crippen LogP contribution >= 0.6 is 23.2 Å². The van der Waals surface area contributed by atoms with Crippen LogP contribution in [0.2, 0.25) is 10.0 Å². The number of rotatable bonds is 4. The molecule has 0 saturated carbocycles. The van der Waals surface area contributed by atoms with Gasteiger partial charge in [-0.15, -0.1) is 0 Å². The lowest BCUT2D eigenvalue weighted by molar-refractivity contribution is -0.132. The first-order valence-corrected chi connectivity index (χ1v) is 10.2. The first kappa shape index (κ1) is 21.9. The molecule has 1 saturated heterocycles. The third-order valence-electron chi connectivity index (χ3n) is 5.17. The maximum Gasteiger partial charge on any atom is 0.300 e. The predicted molar refractivity (Wildman–Crippen MR) is 121 cm³/mol. The van der Waals surface area contributed by atoms with Gasteiger partial charge >= 0.3 is 0 Å². The second kappa shape index (κ2) is 8.65. The first-order valence-electron chi connectivity index (χ1n) is 9.47. The molecule has 1 atom stereocenters. The Bertz CT molecular complexity index is 1240. The number of Topliss-reactive ketones (excluding diaryl/α,β-unsaturated/α-hetero) is 1. The summed E-state index contributed by atoms with van der Waals surface area (Å²) in [5.41, 5.74) is 0.944. The van der Waals surface area contributed by atoms with Crippen molar-refractivity contribution in [2.24, 2.45) is 0 Å². The molecule has 0 aliphatic carbocycles. The van der Waals surface area contributed by atoms with Crippen molar-refractivity contribution in [1.82, 2.24) is 0 Å². The predicted octanol–water partition coefficient (Wildman–Crippen LogP) is 5.77. The molecule has 1 unspecified atom stereocenters. The van der Waals surface area contributed by atoms with Gasteiger partial charge in [0.25, 0.3) is 11.7 Å². The summed E-state index contributed by atoms with van der Waals surface area (Å²) in [6.45, 7) is 0. The Kier molecular flexibility index (Phi) is 5.91. The molecule has 3 aromatic carbocycles. The van der Waals surface area contributed by atoms with E-state index in [0.717, 1.165) is 0 Å². The molecule has 1 N–H and O–H groups in total. The average Bonchev–Trinajstić information content (AvgIpc) is 3.06. The summed E-state index contributed by atoms with van der Waals surface area (Å²) in [5.74, 6) is -2.00. The molecule has 32 heavy (non-hydrogen) atoms. The van der Waals surface area contributed by atoms with Gasteiger partial charge < -0.3 is 9.84 Å². The van der Waals surface area contributed by atoms with Crippen molar-refractivity contribution >= 4 is 46.3 Å². The van der Waals surface area contributed by atoms with Crippen molar-refractivity contribution in [3.05, 3.63) is 99.3 Å². The number of nitrogens with zero attached hydrogens (tertiary/aromatic N) is 1. The average molecular weight is 472 g/mol. The Labute approximate surface area is 193 Å². The lowest BCUT2D eigenvalue weighted by Crippen LogP contribution is -2.29. The number of ketones is 1. The Morgan fingerprint density at radius 3 is 2.22 bits per heavy atom. The number of methoxy groups -OCH3 is 1. The molecule has 1 aliphatic rings. The number of hydrogen-bond acceptors (Lipinski definition) is 4. The fraction of sp³-hybridized carbons (Fsp3) is 0.0833. The lowest BCUT2D eigenvalue weighted by Gasteiger charge is -2.25. The maximum atomic E-state index is 13.6. The minimum Gasteiger partial charge on any atom is -0.507 e. The number of aliphatic hydroxyl groups excluding tert-OH is 1. The number of hydrogen-bond donors (Lipinski definition) is 1. The van der Waals surface area contributed by atoms with Gasteiger partial charge in [-0.2, -0.15) is 0 Å². The molecule has 162 valence electrons. The number of amides is 1. The zero-order valence-electron chi connectivity index (χ0n) is 16.7. The topological polar surface area (TPSA) is 66.8 Å². The van der Waals surface area contributed by atoms with Gasteiger partial charge in [0.15, 0.2) is 0 Å². The van der Waals surface area contributed by atoms with Gasteiger partial charge in [0, 0.05) is 11.3 Å². The van der Waals surface area contributed by atoms with E-state index in [1.165, 1.54) is 48.4 Å². The van der Waals surface area contributed by atoms with Gasteiger partial charge in [-0.1, -0.05) is 35.3 Å². The van der Waals surface area contributed by atoms with E-state index in [1.54, 1.807) is 30.3 Å². The normalized spacial score (nSPS) is 17.6. The Hall–Kier alpha value is -3.35. The molecule has 1 aliphatic heterocycles. The molecule has 1 amide bonds. The van der Waals surface area contributed by atoms with Crippen molar-refractivity contribution in [2.45, 2.75) is 6.04 Å². The fourth-order valence-electron chi connectivity index (χ4n) is 3.60. The second-order valence-electron chi connectivity index (χ2n) is 7.05. The maximum absolute atomic E-state index is 13.6. The number of benzene rings is 3. The molecule has 0 aromatic heterocycles. The zero-order chi connectivity index (χ0) is 23.0. The van der Waals surface area contributed by atoms with E-state index in [9.17, 15) is 19.1 Å². The highest BCUT2D eigenvalue weighted by atomic mass is 35.5. The minimum absolute atomic E-state index is 0.127. The summed E-state index contributed by atoms with van der Waals surface area (Å²) in [7, 11) is 1.51. The van der Waals surface area contributed by atoms with E-state index in [0.29, 0.717) is 22.6 Å². The summed E-state index contributed by atoms with van der Waals surface area (Å²) in [5, 5.41) is 11.5. The lowest BCUT2D eigenvalue weighted by atomic mass is 9.95. The quantitative estimate of drug-likeness (QED) is 0.298. The molecular weight excluding hydrogens is 456 g/mol. The summed E-state index contributed by atoms with van der Waals surface area (Å²) >= 11 is 12.1. The van der Waals surface area contributed by atoms with Crippen molar-refractivity contribution in [2.75, 3.05) is 12.0 Å². The number of aliphatic hydroxyl groups is 1. The molecular formula is C24H16Cl2FNO4. The molecule has 4 rings (SSSR count). The highest BCUT2D eigenvalue weighted by Crippen LogP contribution is 2.43. The smallest absolute Gasteiger partial charge is 0.300 e. The summed E-state index contributed by atoms with van der Waals surface area (Å²) in [6, 6.07) is 15.2.